The van der Waals surface area contributed by atoms with Crippen LogP contribution < -0.4 is 21.3 Å². The summed E-state index contributed by atoms with van der Waals surface area (Å²) < 4.78 is 0. The van der Waals surface area contributed by atoms with Crippen molar-refractivity contribution in [3.05, 3.63) is 35.9 Å². The number of aliphatic hydroxyl groups excluding tert-OH is 1. The molecule has 5 heteroatoms. The summed E-state index contributed by atoms with van der Waals surface area (Å²) in [5.41, 5.74) is 2.24. The number of hydrogen-bond donors (Lipinski definition) is 5. The third kappa shape index (κ3) is 10.3. The lowest BCUT2D eigenvalue weighted by Gasteiger charge is -2.62. The molecular formula is C44H78N4O. The maximum absolute atomic E-state index is 11.8. The van der Waals surface area contributed by atoms with Gasteiger partial charge in [-0.05, 0) is 174 Å². The zero-order chi connectivity index (χ0) is 34.7. The van der Waals surface area contributed by atoms with Crippen molar-refractivity contribution in [1.82, 2.24) is 21.3 Å². The van der Waals surface area contributed by atoms with Gasteiger partial charge in [-0.1, -0.05) is 84.2 Å². The van der Waals surface area contributed by atoms with Gasteiger partial charge < -0.3 is 26.4 Å². The minimum absolute atomic E-state index is 0.0808. The monoisotopic (exact) mass is 679 g/mol. The quantitative estimate of drug-likeness (QED) is 0.0844. The molecule has 0 aliphatic heterocycles. The van der Waals surface area contributed by atoms with Crippen LogP contribution in [0.3, 0.4) is 0 Å². The van der Waals surface area contributed by atoms with Gasteiger partial charge in [-0.2, -0.15) is 0 Å². The molecule has 1 aromatic carbocycles. The maximum atomic E-state index is 11.8. The number of nitrogens with one attached hydrogen (secondary N) is 4. The molecule has 4 aliphatic carbocycles. The van der Waals surface area contributed by atoms with Crippen LogP contribution in [0.5, 0.6) is 0 Å². The average molecular weight is 679 g/mol. The lowest BCUT2D eigenvalue weighted by molar-refractivity contribution is -0.167. The second kappa shape index (κ2) is 19.2. The second-order valence-electron chi connectivity index (χ2n) is 18.3. The van der Waals surface area contributed by atoms with Crippen LogP contribution in [-0.2, 0) is 6.54 Å². The third-order valence-electron chi connectivity index (χ3n) is 14.7. The predicted octanol–water partition coefficient (Wildman–Crippen LogP) is 8.57. The Morgan fingerprint density at radius 3 is 2.08 bits per heavy atom. The standard InChI is InChI=1S/C44H78N4O/c1-33(2)14-11-15-34(3)38-18-19-39-42-40(21-23-44(38,39)5)43(4)22-20-37(30-36(43)31-41(42)49)48-29-13-27-46-25-10-9-24-45-26-12-28-47-32-35-16-7-6-8-17-35/h6-8,16-17,33-34,36-42,45-49H,9-15,18-32H2,1-5H3/t34-,36+,37+,38-,39?,40?,41+,42?,43+,44-/m1/s1. The first kappa shape index (κ1) is 39.2. The Balaban J connectivity index is 0.921. The van der Waals surface area contributed by atoms with Crippen molar-refractivity contribution in [2.45, 2.75) is 150 Å². The summed E-state index contributed by atoms with van der Waals surface area (Å²) in [6, 6.07) is 11.3. The van der Waals surface area contributed by atoms with E-state index in [0.29, 0.717) is 28.7 Å². The van der Waals surface area contributed by atoms with Gasteiger partial charge in [0.2, 0.25) is 0 Å². The average Bonchev–Trinajstić information content (AvgIpc) is 3.44. The molecule has 5 rings (SSSR count). The molecule has 10 atom stereocenters. The highest BCUT2D eigenvalue weighted by molar-refractivity contribution is 5.14. The van der Waals surface area contributed by atoms with Gasteiger partial charge in [-0.3, -0.25) is 0 Å². The molecule has 0 aromatic heterocycles. The van der Waals surface area contributed by atoms with E-state index in [-0.39, 0.29) is 6.10 Å². The van der Waals surface area contributed by atoms with Gasteiger partial charge in [0, 0.05) is 12.6 Å². The Morgan fingerprint density at radius 2 is 1.35 bits per heavy atom. The van der Waals surface area contributed by atoms with E-state index in [1.54, 1.807) is 0 Å². The molecule has 0 amide bonds. The van der Waals surface area contributed by atoms with E-state index < -0.39 is 0 Å². The number of rotatable bonds is 21. The third-order valence-corrected chi connectivity index (χ3v) is 14.7. The molecule has 5 N–H and O–H groups in total. The molecular weight excluding hydrogens is 601 g/mol. The smallest absolute Gasteiger partial charge is 0.0577 e. The molecule has 49 heavy (non-hydrogen) atoms. The summed E-state index contributed by atoms with van der Waals surface area (Å²) in [5, 5.41) is 26.6. The number of fused-ring (bicyclic) bond motifs is 5. The minimum atomic E-state index is -0.0808. The van der Waals surface area contributed by atoms with Gasteiger partial charge in [0.25, 0.3) is 0 Å². The highest BCUT2D eigenvalue weighted by atomic mass is 16.3. The van der Waals surface area contributed by atoms with Crippen molar-refractivity contribution >= 4 is 0 Å². The molecule has 0 saturated heterocycles. The molecule has 0 bridgehead atoms. The maximum Gasteiger partial charge on any atom is 0.0577 e. The molecule has 0 spiro atoms. The first-order valence-electron chi connectivity index (χ1n) is 21.3. The van der Waals surface area contributed by atoms with Crippen molar-refractivity contribution in [2.75, 3.05) is 39.3 Å². The van der Waals surface area contributed by atoms with E-state index in [2.05, 4.69) is 86.2 Å². The second-order valence-corrected chi connectivity index (χ2v) is 18.3. The van der Waals surface area contributed by atoms with Crippen molar-refractivity contribution in [2.24, 2.45) is 52.3 Å². The predicted molar refractivity (Wildman–Crippen MR) is 209 cm³/mol. The fourth-order valence-electron chi connectivity index (χ4n) is 11.9. The Labute approximate surface area is 302 Å². The number of unbranched alkanes of at least 4 members (excludes halogenated alkanes) is 1. The molecule has 3 unspecified atom stereocenters. The molecule has 4 saturated carbocycles. The van der Waals surface area contributed by atoms with Crippen LogP contribution in [-0.4, -0.2) is 56.5 Å². The first-order chi connectivity index (χ1) is 23.7. The number of hydrogen-bond acceptors (Lipinski definition) is 5. The van der Waals surface area contributed by atoms with E-state index in [1.165, 1.54) is 95.5 Å². The summed E-state index contributed by atoms with van der Waals surface area (Å²) in [6.07, 6.45) is 19.5. The molecule has 280 valence electrons. The van der Waals surface area contributed by atoms with E-state index in [1.807, 2.05) is 0 Å². The molecule has 4 fully saturated rings. The molecule has 1 aromatic rings. The minimum Gasteiger partial charge on any atom is -0.393 e. The van der Waals surface area contributed by atoms with Crippen molar-refractivity contribution in [1.29, 1.82) is 0 Å². The summed E-state index contributed by atoms with van der Waals surface area (Å²) >= 11 is 0. The number of aliphatic hydroxyl groups is 1. The van der Waals surface area contributed by atoms with Crippen molar-refractivity contribution in [3.63, 3.8) is 0 Å². The largest absolute Gasteiger partial charge is 0.393 e. The van der Waals surface area contributed by atoms with Crippen LogP contribution in [0.25, 0.3) is 0 Å². The van der Waals surface area contributed by atoms with E-state index >= 15 is 0 Å². The summed E-state index contributed by atoms with van der Waals surface area (Å²) in [6.45, 7) is 20.2. The van der Waals surface area contributed by atoms with Crippen LogP contribution in [0.1, 0.15) is 136 Å². The van der Waals surface area contributed by atoms with Crippen molar-refractivity contribution in [3.8, 4) is 0 Å². The van der Waals surface area contributed by atoms with E-state index in [4.69, 9.17) is 0 Å². The van der Waals surface area contributed by atoms with Gasteiger partial charge >= 0.3 is 0 Å². The lowest BCUT2D eigenvalue weighted by Crippen LogP contribution is -2.59. The van der Waals surface area contributed by atoms with E-state index in [0.717, 1.165) is 81.8 Å². The summed E-state index contributed by atoms with van der Waals surface area (Å²) in [7, 11) is 0. The zero-order valence-electron chi connectivity index (χ0n) is 32.6. The van der Waals surface area contributed by atoms with Gasteiger partial charge in [-0.25, -0.2) is 0 Å². The zero-order valence-corrected chi connectivity index (χ0v) is 32.6. The normalized spacial score (nSPS) is 34.8. The van der Waals surface area contributed by atoms with Crippen LogP contribution in [0.2, 0.25) is 0 Å². The Kier molecular flexibility index (Phi) is 15.4. The topological polar surface area (TPSA) is 68.3 Å². The Morgan fingerprint density at radius 1 is 0.694 bits per heavy atom. The number of benzene rings is 1. The van der Waals surface area contributed by atoms with Gasteiger partial charge in [-0.15, -0.1) is 0 Å². The highest BCUT2D eigenvalue weighted by Gasteiger charge is 2.62. The van der Waals surface area contributed by atoms with Crippen LogP contribution in [0.15, 0.2) is 30.3 Å². The molecule has 5 nitrogen and oxygen atoms in total. The summed E-state index contributed by atoms with van der Waals surface area (Å²) in [5.74, 6) is 5.23. The van der Waals surface area contributed by atoms with Gasteiger partial charge in [0.05, 0.1) is 6.10 Å². The Hall–Kier alpha value is -0.980. The highest BCUT2D eigenvalue weighted by Crippen LogP contribution is 2.68. The molecule has 0 heterocycles. The lowest BCUT2D eigenvalue weighted by atomic mass is 9.43. The fourth-order valence-corrected chi connectivity index (χ4v) is 11.9. The van der Waals surface area contributed by atoms with Crippen LogP contribution in [0.4, 0.5) is 0 Å². The van der Waals surface area contributed by atoms with Crippen LogP contribution in [0, 0.1) is 52.3 Å². The van der Waals surface area contributed by atoms with Crippen LogP contribution >= 0.6 is 0 Å². The first-order valence-corrected chi connectivity index (χ1v) is 21.3. The fraction of sp³-hybridized carbons (Fsp3) is 0.864. The Bertz CT molecular complexity index is 1070. The van der Waals surface area contributed by atoms with Gasteiger partial charge in [0.1, 0.15) is 0 Å². The van der Waals surface area contributed by atoms with Gasteiger partial charge in [0.15, 0.2) is 0 Å². The molecule has 0 radical (unpaired) electrons. The molecule has 4 aliphatic rings. The van der Waals surface area contributed by atoms with E-state index in [9.17, 15) is 5.11 Å². The van der Waals surface area contributed by atoms with Crippen molar-refractivity contribution < 1.29 is 5.11 Å². The SMILES string of the molecule is CC(C)CCC[C@@H](C)[C@H]1CCC2C3C(CC[C@@]21C)[C@@]1(C)CC[C@H](NCCCNCCCCNCCCNCc2ccccc2)C[C@H]1C[C@@H]3O. The summed E-state index contributed by atoms with van der Waals surface area (Å²) in [4.78, 5) is 0.